The lowest BCUT2D eigenvalue weighted by atomic mass is 10.2. The van der Waals surface area contributed by atoms with E-state index >= 15 is 0 Å². The zero-order chi connectivity index (χ0) is 19.9. The molecule has 2 fully saturated rings. The second kappa shape index (κ2) is 7.24. The van der Waals surface area contributed by atoms with Crippen LogP contribution in [0.2, 0.25) is 0 Å². The van der Waals surface area contributed by atoms with E-state index in [0.717, 1.165) is 24.1 Å². The van der Waals surface area contributed by atoms with Crippen molar-refractivity contribution in [2.45, 2.75) is 44.0 Å². The second-order valence-corrected chi connectivity index (χ2v) is 10.2. The number of hydrogen-bond donors (Lipinski definition) is 1. The van der Waals surface area contributed by atoms with Crippen molar-refractivity contribution in [3.63, 3.8) is 0 Å². The number of aromatic nitrogens is 2. The first-order chi connectivity index (χ1) is 13.3. The molecule has 0 amide bonds. The monoisotopic (exact) mass is 403 g/mol. The van der Waals surface area contributed by atoms with E-state index in [-0.39, 0.29) is 24.6 Å². The summed E-state index contributed by atoms with van der Waals surface area (Å²) in [7, 11) is -3.30. The standard InChI is InChI=1S/C20H25N3O4S/c1-14-9-19(23(21-14)11-15-5-3-2-4-6-15)22-12-17(10-18(22)20(24)25)28(26,27)13-16-7-8-16/h2-6,9,16-18H,7-8,10-13H2,1H3,(H,24,25)/t17-,18+/m1/s1. The molecule has 1 N–H and O–H groups in total. The predicted octanol–water partition coefficient (Wildman–Crippen LogP) is 2.10. The number of hydrogen-bond acceptors (Lipinski definition) is 5. The van der Waals surface area contributed by atoms with Crippen molar-refractivity contribution in [2.75, 3.05) is 17.2 Å². The lowest BCUT2D eigenvalue weighted by molar-refractivity contribution is -0.138. The molecule has 8 heteroatoms. The van der Waals surface area contributed by atoms with Crippen molar-refractivity contribution in [3.05, 3.63) is 47.7 Å². The predicted molar refractivity (Wildman–Crippen MR) is 106 cm³/mol. The van der Waals surface area contributed by atoms with Crippen molar-refractivity contribution in [1.82, 2.24) is 9.78 Å². The molecule has 2 aromatic rings. The molecular formula is C20H25N3O4S. The fraction of sp³-hybridized carbons (Fsp3) is 0.500. The van der Waals surface area contributed by atoms with E-state index in [2.05, 4.69) is 5.10 Å². The van der Waals surface area contributed by atoms with E-state index in [1.807, 2.05) is 43.3 Å². The Bertz CT molecular complexity index is 967. The molecule has 1 aromatic heterocycles. The highest BCUT2D eigenvalue weighted by atomic mass is 32.2. The Morgan fingerprint density at radius 1 is 1.25 bits per heavy atom. The molecule has 0 unspecified atom stereocenters. The van der Waals surface area contributed by atoms with Gasteiger partial charge in [0, 0.05) is 12.6 Å². The summed E-state index contributed by atoms with van der Waals surface area (Å²) in [4.78, 5) is 13.6. The van der Waals surface area contributed by atoms with Gasteiger partial charge < -0.3 is 10.0 Å². The van der Waals surface area contributed by atoms with Crippen LogP contribution in [0.5, 0.6) is 0 Å². The molecule has 1 aliphatic carbocycles. The molecule has 0 bridgehead atoms. The van der Waals surface area contributed by atoms with Crippen molar-refractivity contribution in [3.8, 4) is 0 Å². The number of anilines is 1. The first-order valence-electron chi connectivity index (χ1n) is 9.63. The molecule has 1 aliphatic heterocycles. The average Bonchev–Trinajstić information content (AvgIpc) is 3.18. The van der Waals surface area contributed by atoms with Crippen LogP contribution in [0.15, 0.2) is 36.4 Å². The van der Waals surface area contributed by atoms with Gasteiger partial charge in [-0.2, -0.15) is 5.10 Å². The summed E-state index contributed by atoms with van der Waals surface area (Å²) in [6.45, 7) is 2.57. The van der Waals surface area contributed by atoms with Gasteiger partial charge in [-0.25, -0.2) is 17.9 Å². The molecule has 2 aliphatic rings. The summed E-state index contributed by atoms with van der Waals surface area (Å²) in [6, 6.07) is 10.8. The Labute approximate surface area is 164 Å². The van der Waals surface area contributed by atoms with E-state index < -0.39 is 27.1 Å². The number of carboxylic acid groups (broad SMARTS) is 1. The van der Waals surface area contributed by atoms with Crippen molar-refractivity contribution in [2.24, 2.45) is 5.92 Å². The van der Waals surface area contributed by atoms with Crippen LogP contribution in [0, 0.1) is 12.8 Å². The summed E-state index contributed by atoms with van der Waals surface area (Å²) >= 11 is 0. The second-order valence-electron chi connectivity index (χ2n) is 7.92. The van der Waals surface area contributed by atoms with Crippen LogP contribution in [-0.2, 0) is 21.2 Å². The highest BCUT2D eigenvalue weighted by molar-refractivity contribution is 7.92. The molecular weight excluding hydrogens is 378 g/mol. The summed E-state index contributed by atoms with van der Waals surface area (Å²) in [5, 5.41) is 13.6. The number of carboxylic acids is 1. The van der Waals surface area contributed by atoms with E-state index in [9.17, 15) is 18.3 Å². The van der Waals surface area contributed by atoms with Gasteiger partial charge in [0.2, 0.25) is 0 Å². The number of aliphatic carboxylic acids is 1. The van der Waals surface area contributed by atoms with Crippen LogP contribution < -0.4 is 4.90 Å². The minimum absolute atomic E-state index is 0.125. The quantitative estimate of drug-likeness (QED) is 0.761. The smallest absolute Gasteiger partial charge is 0.326 e. The maximum Gasteiger partial charge on any atom is 0.326 e. The minimum Gasteiger partial charge on any atom is -0.480 e. The van der Waals surface area contributed by atoms with Gasteiger partial charge in [-0.05, 0) is 37.7 Å². The van der Waals surface area contributed by atoms with Gasteiger partial charge in [-0.1, -0.05) is 30.3 Å². The summed E-state index contributed by atoms with van der Waals surface area (Å²) in [6.07, 6.45) is 2.04. The highest BCUT2D eigenvalue weighted by Gasteiger charge is 2.45. The molecule has 1 saturated carbocycles. The fourth-order valence-corrected chi connectivity index (χ4v) is 6.06. The van der Waals surface area contributed by atoms with E-state index in [0.29, 0.717) is 12.4 Å². The van der Waals surface area contributed by atoms with Gasteiger partial charge >= 0.3 is 5.97 Å². The largest absolute Gasteiger partial charge is 0.480 e. The topological polar surface area (TPSA) is 92.5 Å². The Kier molecular flexibility index (Phi) is 4.91. The number of carbonyl (C=O) groups is 1. The van der Waals surface area contributed by atoms with Gasteiger partial charge in [0.05, 0.1) is 23.2 Å². The van der Waals surface area contributed by atoms with Crippen molar-refractivity contribution in [1.29, 1.82) is 0 Å². The van der Waals surface area contributed by atoms with Crippen LogP contribution in [0.1, 0.15) is 30.5 Å². The maximum absolute atomic E-state index is 12.8. The van der Waals surface area contributed by atoms with Crippen LogP contribution in [0.4, 0.5) is 5.82 Å². The SMILES string of the molecule is Cc1cc(N2C[C@H](S(=O)(=O)CC3CC3)C[C@H]2C(=O)O)n(Cc2ccccc2)n1. The lowest BCUT2D eigenvalue weighted by Crippen LogP contribution is -2.37. The van der Waals surface area contributed by atoms with Gasteiger partial charge in [-0.3, -0.25) is 0 Å². The summed E-state index contributed by atoms with van der Waals surface area (Å²) in [5.74, 6) is 0.112. The molecule has 2 atom stereocenters. The zero-order valence-electron chi connectivity index (χ0n) is 15.9. The van der Waals surface area contributed by atoms with E-state index in [4.69, 9.17) is 0 Å². The highest BCUT2D eigenvalue weighted by Crippen LogP contribution is 2.35. The fourth-order valence-electron chi connectivity index (χ4n) is 3.93. The molecule has 1 aromatic carbocycles. The van der Waals surface area contributed by atoms with Gasteiger partial charge in [0.15, 0.2) is 9.84 Å². The van der Waals surface area contributed by atoms with Crippen molar-refractivity contribution >= 4 is 21.6 Å². The van der Waals surface area contributed by atoms with E-state index in [1.54, 1.807) is 9.58 Å². The molecule has 0 radical (unpaired) electrons. The first-order valence-corrected chi connectivity index (χ1v) is 11.3. The number of aryl methyl sites for hydroxylation is 1. The van der Waals surface area contributed by atoms with Crippen LogP contribution in [-0.4, -0.2) is 52.9 Å². The average molecular weight is 404 g/mol. The number of nitrogens with zero attached hydrogens (tertiary/aromatic N) is 3. The third-order valence-electron chi connectivity index (χ3n) is 5.57. The van der Waals surface area contributed by atoms with Gasteiger partial charge in [-0.15, -0.1) is 0 Å². The van der Waals surface area contributed by atoms with Crippen LogP contribution >= 0.6 is 0 Å². The number of rotatable bonds is 7. The van der Waals surface area contributed by atoms with Gasteiger partial charge in [0.1, 0.15) is 11.9 Å². The summed E-state index contributed by atoms with van der Waals surface area (Å²) < 4.78 is 27.3. The number of sulfone groups is 1. The van der Waals surface area contributed by atoms with Crippen LogP contribution in [0.3, 0.4) is 0 Å². The van der Waals surface area contributed by atoms with Crippen molar-refractivity contribution < 1.29 is 18.3 Å². The molecule has 1 saturated heterocycles. The minimum atomic E-state index is -3.30. The van der Waals surface area contributed by atoms with Gasteiger partial charge in [0.25, 0.3) is 0 Å². The Balaban J connectivity index is 1.62. The first kappa shape index (κ1) is 19.0. The Morgan fingerprint density at radius 3 is 2.61 bits per heavy atom. The molecule has 28 heavy (non-hydrogen) atoms. The maximum atomic E-state index is 12.8. The molecule has 2 heterocycles. The molecule has 7 nitrogen and oxygen atoms in total. The summed E-state index contributed by atoms with van der Waals surface area (Å²) in [5.41, 5.74) is 1.83. The third-order valence-corrected chi connectivity index (χ3v) is 7.86. The van der Waals surface area contributed by atoms with Crippen LogP contribution in [0.25, 0.3) is 0 Å². The Morgan fingerprint density at radius 2 is 1.96 bits per heavy atom. The third kappa shape index (κ3) is 3.92. The Hall–Kier alpha value is -2.35. The molecule has 4 rings (SSSR count). The van der Waals surface area contributed by atoms with E-state index in [1.165, 1.54) is 0 Å². The zero-order valence-corrected chi connectivity index (χ0v) is 16.7. The molecule has 0 spiro atoms. The molecule has 150 valence electrons. The normalized spacial score (nSPS) is 22.5. The number of benzene rings is 1. The lowest BCUT2D eigenvalue weighted by Gasteiger charge is -2.24.